The number of nitrogens with zero attached hydrogens (tertiary/aromatic N) is 1. The quantitative estimate of drug-likeness (QED) is 0.494. The van der Waals surface area contributed by atoms with Gasteiger partial charge in [0.25, 0.3) is 11.6 Å². The molecule has 0 aliphatic heterocycles. The minimum Gasteiger partial charge on any atom is -0.452 e. The number of ether oxygens (including phenoxy) is 1. The Kier molecular flexibility index (Phi) is 5.60. The first-order chi connectivity index (χ1) is 11.8. The Bertz CT molecular complexity index is 840. The summed E-state index contributed by atoms with van der Waals surface area (Å²) in [4.78, 5) is 33.6. The van der Waals surface area contributed by atoms with Gasteiger partial charge < -0.3 is 10.1 Å². The van der Waals surface area contributed by atoms with Crippen LogP contribution in [0.3, 0.4) is 0 Å². The van der Waals surface area contributed by atoms with Crippen molar-refractivity contribution in [2.45, 2.75) is 0 Å². The lowest BCUT2D eigenvalue weighted by molar-refractivity contribution is -0.385. The van der Waals surface area contributed by atoms with E-state index in [1.54, 1.807) is 0 Å². The Morgan fingerprint density at radius 1 is 1.20 bits per heavy atom. The van der Waals surface area contributed by atoms with Crippen molar-refractivity contribution in [1.29, 1.82) is 0 Å². The minimum atomic E-state index is -1.18. The van der Waals surface area contributed by atoms with E-state index in [9.17, 15) is 28.5 Å². The van der Waals surface area contributed by atoms with Crippen LogP contribution in [0.4, 0.5) is 20.2 Å². The molecule has 0 unspecified atom stereocenters. The largest absolute Gasteiger partial charge is 0.452 e. The van der Waals surface area contributed by atoms with Crippen molar-refractivity contribution in [3.05, 3.63) is 68.7 Å². The lowest BCUT2D eigenvalue weighted by Crippen LogP contribution is -2.22. The molecule has 1 amide bonds. The molecule has 0 spiro atoms. The van der Waals surface area contributed by atoms with E-state index < -0.39 is 52.0 Å². The molecule has 10 heteroatoms. The van der Waals surface area contributed by atoms with Crippen LogP contribution >= 0.6 is 11.6 Å². The number of nitrogens with one attached hydrogen (secondary N) is 1. The predicted octanol–water partition coefficient (Wildman–Crippen LogP) is 3.32. The molecular weight excluding hydrogens is 362 g/mol. The maximum Gasteiger partial charge on any atom is 0.345 e. The number of carbonyl (C=O) groups is 2. The van der Waals surface area contributed by atoms with Crippen LogP contribution in [0.15, 0.2) is 36.4 Å². The molecule has 2 aromatic carbocycles. The SMILES string of the molecule is O=C(COC(=O)c1cc(Cl)ccc1[N+](=O)[O-])Nc1c(F)cccc1F. The predicted molar refractivity (Wildman–Crippen MR) is 83.4 cm³/mol. The standard InChI is InChI=1S/C15H9ClF2N2O5/c16-8-4-5-12(20(23)24)9(6-8)15(22)25-7-13(21)19-14-10(17)2-1-3-11(14)18/h1-6H,7H2,(H,19,21). The van der Waals surface area contributed by atoms with Gasteiger partial charge in [0.15, 0.2) is 6.61 Å². The molecule has 0 bridgehead atoms. The van der Waals surface area contributed by atoms with E-state index in [0.717, 1.165) is 30.3 Å². The summed E-state index contributed by atoms with van der Waals surface area (Å²) in [7, 11) is 0. The zero-order valence-corrected chi connectivity index (χ0v) is 13.0. The van der Waals surface area contributed by atoms with Gasteiger partial charge in [-0.05, 0) is 24.3 Å². The average Bonchev–Trinajstić information content (AvgIpc) is 2.55. The second-order valence-corrected chi connectivity index (χ2v) is 5.08. The molecule has 0 aliphatic rings. The zero-order chi connectivity index (χ0) is 18.6. The van der Waals surface area contributed by atoms with Gasteiger partial charge in [-0.2, -0.15) is 0 Å². The third-order valence-corrected chi connectivity index (χ3v) is 3.17. The van der Waals surface area contributed by atoms with Crippen molar-refractivity contribution in [3.8, 4) is 0 Å². The number of halogens is 3. The molecule has 0 saturated carbocycles. The molecule has 0 atom stereocenters. The number of nitro groups is 1. The van der Waals surface area contributed by atoms with Crippen LogP contribution < -0.4 is 5.32 Å². The molecular formula is C15H9ClF2N2O5. The molecule has 0 aliphatic carbocycles. The second-order valence-electron chi connectivity index (χ2n) is 4.64. The van der Waals surface area contributed by atoms with E-state index in [4.69, 9.17) is 11.6 Å². The van der Waals surface area contributed by atoms with Crippen molar-refractivity contribution >= 4 is 34.9 Å². The number of esters is 1. The van der Waals surface area contributed by atoms with Gasteiger partial charge in [0.05, 0.1) is 4.92 Å². The third-order valence-electron chi connectivity index (χ3n) is 2.94. The summed E-state index contributed by atoms with van der Waals surface area (Å²) in [5, 5.41) is 12.8. The topological polar surface area (TPSA) is 98.5 Å². The van der Waals surface area contributed by atoms with E-state index in [-0.39, 0.29) is 5.02 Å². The molecule has 2 aromatic rings. The lowest BCUT2D eigenvalue weighted by atomic mass is 10.2. The van der Waals surface area contributed by atoms with Crippen LogP contribution in [0.5, 0.6) is 0 Å². The van der Waals surface area contributed by atoms with Gasteiger partial charge in [-0.1, -0.05) is 17.7 Å². The molecule has 7 nitrogen and oxygen atoms in total. The van der Waals surface area contributed by atoms with Crippen LogP contribution in [0.2, 0.25) is 5.02 Å². The molecule has 130 valence electrons. The van der Waals surface area contributed by atoms with Gasteiger partial charge in [-0.15, -0.1) is 0 Å². The maximum atomic E-state index is 13.4. The van der Waals surface area contributed by atoms with Crippen LogP contribution in [-0.4, -0.2) is 23.4 Å². The Balaban J connectivity index is 2.06. The van der Waals surface area contributed by atoms with Crippen LogP contribution in [-0.2, 0) is 9.53 Å². The van der Waals surface area contributed by atoms with Gasteiger partial charge in [0.1, 0.15) is 22.9 Å². The van der Waals surface area contributed by atoms with Crippen molar-refractivity contribution in [2.24, 2.45) is 0 Å². The van der Waals surface area contributed by atoms with E-state index >= 15 is 0 Å². The normalized spacial score (nSPS) is 10.2. The van der Waals surface area contributed by atoms with Gasteiger partial charge >= 0.3 is 5.97 Å². The first kappa shape index (κ1) is 18.3. The first-order valence-corrected chi connectivity index (χ1v) is 7.02. The monoisotopic (exact) mass is 370 g/mol. The highest BCUT2D eigenvalue weighted by atomic mass is 35.5. The van der Waals surface area contributed by atoms with Crippen LogP contribution in [0.1, 0.15) is 10.4 Å². The van der Waals surface area contributed by atoms with Crippen molar-refractivity contribution in [2.75, 3.05) is 11.9 Å². The number of hydrogen-bond acceptors (Lipinski definition) is 5. The number of anilines is 1. The minimum absolute atomic E-state index is 0.0513. The van der Waals surface area contributed by atoms with Crippen molar-refractivity contribution in [1.82, 2.24) is 0 Å². The first-order valence-electron chi connectivity index (χ1n) is 6.64. The molecule has 1 N–H and O–H groups in total. The number of rotatable bonds is 5. The second kappa shape index (κ2) is 7.67. The van der Waals surface area contributed by atoms with Gasteiger partial charge in [-0.3, -0.25) is 14.9 Å². The fourth-order valence-electron chi connectivity index (χ4n) is 1.83. The number of amides is 1. The van der Waals surface area contributed by atoms with E-state index in [1.165, 1.54) is 6.07 Å². The number of para-hydroxylation sites is 1. The number of nitro benzene ring substituents is 1. The molecule has 25 heavy (non-hydrogen) atoms. The average molecular weight is 371 g/mol. The van der Waals surface area contributed by atoms with Crippen LogP contribution in [0, 0.1) is 21.7 Å². The zero-order valence-electron chi connectivity index (χ0n) is 12.3. The van der Waals surface area contributed by atoms with E-state index in [0.29, 0.717) is 0 Å². The smallest absolute Gasteiger partial charge is 0.345 e. The summed E-state index contributed by atoms with van der Waals surface area (Å²) in [5.74, 6) is -4.23. The summed E-state index contributed by atoms with van der Waals surface area (Å²) >= 11 is 5.68. The summed E-state index contributed by atoms with van der Waals surface area (Å²) in [6.45, 7) is -0.906. The fourth-order valence-corrected chi connectivity index (χ4v) is 2.00. The summed E-state index contributed by atoms with van der Waals surface area (Å²) < 4.78 is 31.4. The highest BCUT2D eigenvalue weighted by molar-refractivity contribution is 6.31. The highest BCUT2D eigenvalue weighted by Gasteiger charge is 2.23. The Labute approximate surface area is 144 Å². The van der Waals surface area contributed by atoms with E-state index in [2.05, 4.69) is 4.74 Å². The summed E-state index contributed by atoms with van der Waals surface area (Å²) in [6, 6.07) is 6.20. The molecule has 0 heterocycles. The van der Waals surface area contributed by atoms with Gasteiger partial charge in [0, 0.05) is 11.1 Å². The Morgan fingerprint density at radius 2 is 1.84 bits per heavy atom. The molecule has 2 rings (SSSR count). The van der Waals surface area contributed by atoms with Gasteiger partial charge in [-0.25, -0.2) is 13.6 Å². The number of hydrogen-bond donors (Lipinski definition) is 1. The third kappa shape index (κ3) is 4.48. The Hall–Kier alpha value is -3.07. The summed E-state index contributed by atoms with van der Waals surface area (Å²) in [6.07, 6.45) is 0. The Morgan fingerprint density at radius 3 is 2.44 bits per heavy atom. The fraction of sp³-hybridized carbons (Fsp3) is 0.0667. The van der Waals surface area contributed by atoms with Crippen molar-refractivity contribution < 1.29 is 28.0 Å². The molecule has 0 aromatic heterocycles. The lowest BCUT2D eigenvalue weighted by Gasteiger charge is -2.08. The number of carbonyl (C=O) groups excluding carboxylic acids is 2. The number of benzene rings is 2. The van der Waals surface area contributed by atoms with Gasteiger partial charge in [0.2, 0.25) is 0 Å². The highest BCUT2D eigenvalue weighted by Crippen LogP contribution is 2.23. The molecule has 0 fully saturated rings. The molecule has 0 saturated heterocycles. The summed E-state index contributed by atoms with van der Waals surface area (Å²) in [5.41, 5.74) is -1.71. The van der Waals surface area contributed by atoms with Crippen molar-refractivity contribution in [3.63, 3.8) is 0 Å². The molecule has 0 radical (unpaired) electrons. The van der Waals surface area contributed by atoms with Crippen LogP contribution in [0.25, 0.3) is 0 Å². The maximum absolute atomic E-state index is 13.4. The van der Waals surface area contributed by atoms with E-state index in [1.807, 2.05) is 5.32 Å².